The Balaban J connectivity index is 0.00000312. The maximum Gasteiger partial charge on any atom is 0.194 e. The molecule has 1 aromatic heterocycles. The first-order valence-corrected chi connectivity index (χ1v) is 8.97. The number of nitrogens with zero attached hydrogens (tertiary/aromatic N) is 4. The summed E-state index contributed by atoms with van der Waals surface area (Å²) >= 11 is 0. The van der Waals surface area contributed by atoms with Crippen LogP contribution < -0.4 is 5.32 Å². The lowest BCUT2D eigenvalue weighted by Crippen LogP contribution is -2.52. The Labute approximate surface area is 167 Å². The van der Waals surface area contributed by atoms with E-state index in [1.165, 1.54) is 0 Å². The number of halogens is 1. The van der Waals surface area contributed by atoms with Gasteiger partial charge in [-0.15, -0.1) is 24.0 Å². The van der Waals surface area contributed by atoms with Crippen LogP contribution in [0.25, 0.3) is 0 Å². The highest BCUT2D eigenvalue weighted by atomic mass is 127. The van der Waals surface area contributed by atoms with Gasteiger partial charge in [0.15, 0.2) is 5.96 Å². The Morgan fingerprint density at radius 1 is 1.28 bits per heavy atom. The Morgan fingerprint density at radius 3 is 2.48 bits per heavy atom. The third kappa shape index (κ3) is 6.74. The van der Waals surface area contributed by atoms with Crippen molar-refractivity contribution in [3.63, 3.8) is 0 Å². The number of aliphatic hydroxyl groups is 1. The summed E-state index contributed by atoms with van der Waals surface area (Å²) in [5.74, 6) is 0.902. The molecule has 0 aliphatic carbocycles. The molecule has 2 N–H and O–H groups in total. The van der Waals surface area contributed by atoms with Crippen LogP contribution in [0.3, 0.4) is 0 Å². The standard InChI is InChI=1S/C17H31N5O2.HI/c1-4-17(23,5-2)14-19-16(18-6-3)22-10-8-21(9-11-22)13-15-7-12-24-20-15;/h7,12,23H,4-6,8-11,13-14H2,1-3H3,(H,18,19);1H. The van der Waals surface area contributed by atoms with E-state index >= 15 is 0 Å². The van der Waals surface area contributed by atoms with Crippen molar-refractivity contribution >= 4 is 29.9 Å². The van der Waals surface area contributed by atoms with Gasteiger partial charge in [-0.2, -0.15) is 0 Å². The van der Waals surface area contributed by atoms with Crippen molar-refractivity contribution in [1.29, 1.82) is 0 Å². The largest absolute Gasteiger partial charge is 0.388 e. The molecule has 1 aliphatic rings. The zero-order valence-corrected chi connectivity index (χ0v) is 17.9. The minimum Gasteiger partial charge on any atom is -0.388 e. The van der Waals surface area contributed by atoms with E-state index in [9.17, 15) is 5.11 Å². The van der Waals surface area contributed by atoms with Crippen molar-refractivity contribution in [1.82, 2.24) is 20.3 Å². The van der Waals surface area contributed by atoms with Crippen molar-refractivity contribution in [2.24, 2.45) is 4.99 Å². The molecule has 144 valence electrons. The number of rotatable bonds is 7. The summed E-state index contributed by atoms with van der Waals surface area (Å²) < 4.78 is 4.89. The molecular formula is C17H32IN5O2. The lowest BCUT2D eigenvalue weighted by Gasteiger charge is -2.36. The molecule has 7 nitrogen and oxygen atoms in total. The fraction of sp³-hybridized carbons (Fsp3) is 0.765. The van der Waals surface area contributed by atoms with Gasteiger partial charge in [-0.3, -0.25) is 9.89 Å². The number of hydrogen-bond acceptors (Lipinski definition) is 5. The topological polar surface area (TPSA) is 77.1 Å². The van der Waals surface area contributed by atoms with Crippen LogP contribution in [-0.2, 0) is 6.54 Å². The maximum absolute atomic E-state index is 10.5. The third-order valence-corrected chi connectivity index (χ3v) is 4.72. The summed E-state index contributed by atoms with van der Waals surface area (Å²) in [6, 6.07) is 1.91. The summed E-state index contributed by atoms with van der Waals surface area (Å²) in [4.78, 5) is 9.33. The van der Waals surface area contributed by atoms with E-state index in [0.717, 1.165) is 63.8 Å². The minimum atomic E-state index is -0.699. The predicted molar refractivity (Wildman–Crippen MR) is 110 cm³/mol. The fourth-order valence-electron chi connectivity index (χ4n) is 2.79. The molecule has 1 aromatic rings. The van der Waals surface area contributed by atoms with Gasteiger partial charge >= 0.3 is 0 Å². The highest BCUT2D eigenvalue weighted by Crippen LogP contribution is 2.15. The Bertz CT molecular complexity index is 497. The Hall–Kier alpha value is -0.870. The fourth-order valence-corrected chi connectivity index (χ4v) is 2.79. The number of guanidine groups is 1. The van der Waals surface area contributed by atoms with Crippen molar-refractivity contribution in [2.75, 3.05) is 39.3 Å². The molecule has 1 saturated heterocycles. The first-order valence-electron chi connectivity index (χ1n) is 8.97. The average Bonchev–Trinajstić information content (AvgIpc) is 3.12. The lowest BCUT2D eigenvalue weighted by molar-refractivity contribution is 0.0414. The number of piperazine rings is 1. The molecule has 2 rings (SSSR count). The van der Waals surface area contributed by atoms with Gasteiger partial charge in [-0.05, 0) is 19.8 Å². The van der Waals surface area contributed by atoms with E-state index in [-0.39, 0.29) is 24.0 Å². The van der Waals surface area contributed by atoms with Crippen molar-refractivity contribution in [3.8, 4) is 0 Å². The molecule has 0 saturated carbocycles. The number of hydrogen-bond donors (Lipinski definition) is 2. The molecule has 0 atom stereocenters. The highest BCUT2D eigenvalue weighted by molar-refractivity contribution is 14.0. The number of aromatic nitrogens is 1. The SMILES string of the molecule is CCNC(=NCC(O)(CC)CC)N1CCN(Cc2ccon2)CC1.I. The second-order valence-electron chi connectivity index (χ2n) is 6.36. The molecule has 0 bridgehead atoms. The molecule has 0 aromatic carbocycles. The molecule has 1 fully saturated rings. The first-order chi connectivity index (χ1) is 11.6. The normalized spacial score (nSPS) is 16.6. The molecule has 8 heteroatoms. The Morgan fingerprint density at radius 2 is 1.96 bits per heavy atom. The molecule has 1 aliphatic heterocycles. The predicted octanol–water partition coefficient (Wildman–Crippen LogP) is 1.93. The van der Waals surface area contributed by atoms with Gasteiger partial charge in [0.25, 0.3) is 0 Å². The van der Waals surface area contributed by atoms with Crippen molar-refractivity contribution in [2.45, 2.75) is 45.8 Å². The minimum absolute atomic E-state index is 0. The van der Waals surface area contributed by atoms with Crippen LogP contribution in [0.1, 0.15) is 39.3 Å². The second kappa shape index (κ2) is 11.0. The monoisotopic (exact) mass is 465 g/mol. The van der Waals surface area contributed by atoms with E-state index < -0.39 is 5.60 Å². The first kappa shape index (κ1) is 22.2. The van der Waals surface area contributed by atoms with Gasteiger partial charge in [-0.1, -0.05) is 19.0 Å². The van der Waals surface area contributed by atoms with Gasteiger partial charge in [0.1, 0.15) is 6.26 Å². The smallest absolute Gasteiger partial charge is 0.194 e. The maximum atomic E-state index is 10.5. The summed E-state index contributed by atoms with van der Waals surface area (Å²) in [7, 11) is 0. The molecule has 0 spiro atoms. The van der Waals surface area contributed by atoms with E-state index in [1.807, 2.05) is 19.9 Å². The van der Waals surface area contributed by atoms with Crippen LogP contribution >= 0.6 is 24.0 Å². The Kier molecular flexibility index (Phi) is 9.73. The lowest BCUT2D eigenvalue weighted by atomic mass is 9.98. The van der Waals surface area contributed by atoms with Crippen LogP contribution in [0.5, 0.6) is 0 Å². The average molecular weight is 465 g/mol. The van der Waals surface area contributed by atoms with Crippen LogP contribution in [0.2, 0.25) is 0 Å². The van der Waals surface area contributed by atoms with Gasteiger partial charge < -0.3 is 19.8 Å². The van der Waals surface area contributed by atoms with Crippen LogP contribution in [-0.4, -0.2) is 70.9 Å². The molecule has 0 amide bonds. The van der Waals surface area contributed by atoms with Gasteiger partial charge in [0, 0.05) is 45.3 Å². The molecule has 2 heterocycles. The zero-order chi connectivity index (χ0) is 17.4. The van der Waals surface area contributed by atoms with Gasteiger partial charge in [0.05, 0.1) is 17.8 Å². The summed E-state index contributed by atoms with van der Waals surface area (Å²) in [6.45, 7) is 11.9. The summed E-state index contributed by atoms with van der Waals surface area (Å²) in [6.07, 6.45) is 3.06. The zero-order valence-electron chi connectivity index (χ0n) is 15.6. The van der Waals surface area contributed by atoms with Crippen LogP contribution in [0.4, 0.5) is 0 Å². The number of aliphatic imine (C=N–C) groups is 1. The van der Waals surface area contributed by atoms with Gasteiger partial charge in [0.2, 0.25) is 0 Å². The quantitative estimate of drug-likeness (QED) is 0.364. The van der Waals surface area contributed by atoms with Crippen molar-refractivity contribution < 1.29 is 9.63 Å². The third-order valence-electron chi connectivity index (χ3n) is 4.72. The van der Waals surface area contributed by atoms with E-state index in [2.05, 4.69) is 32.2 Å². The number of nitrogens with one attached hydrogen (secondary N) is 1. The molecule has 0 unspecified atom stereocenters. The molecule has 25 heavy (non-hydrogen) atoms. The summed E-state index contributed by atoms with van der Waals surface area (Å²) in [5, 5.41) is 17.8. The summed E-state index contributed by atoms with van der Waals surface area (Å²) in [5.41, 5.74) is 0.273. The van der Waals surface area contributed by atoms with E-state index in [4.69, 9.17) is 4.52 Å². The van der Waals surface area contributed by atoms with Gasteiger partial charge in [-0.25, -0.2) is 0 Å². The van der Waals surface area contributed by atoms with Crippen molar-refractivity contribution in [3.05, 3.63) is 18.0 Å². The molecule has 0 radical (unpaired) electrons. The molecular weight excluding hydrogens is 433 g/mol. The van der Waals surface area contributed by atoms with Crippen LogP contribution in [0.15, 0.2) is 21.8 Å². The highest BCUT2D eigenvalue weighted by Gasteiger charge is 2.24. The van der Waals surface area contributed by atoms with E-state index in [1.54, 1.807) is 6.26 Å². The van der Waals surface area contributed by atoms with E-state index in [0.29, 0.717) is 6.54 Å². The second-order valence-corrected chi connectivity index (χ2v) is 6.36. The van der Waals surface area contributed by atoms with Crippen LogP contribution in [0, 0.1) is 0 Å².